The van der Waals surface area contributed by atoms with Gasteiger partial charge in [0.2, 0.25) is 0 Å². The molecule has 0 aliphatic rings. The Hall–Kier alpha value is -1.90. The molecule has 3 N–H and O–H groups in total. The molecule has 0 bridgehead atoms. The molecule has 0 saturated heterocycles. The number of carbonyl (C=O) groups is 1. The Bertz CT molecular complexity index is 464. The molecule has 0 heterocycles. The Morgan fingerprint density at radius 1 is 1.47 bits per heavy atom. The van der Waals surface area contributed by atoms with Crippen molar-refractivity contribution in [3.63, 3.8) is 0 Å². The summed E-state index contributed by atoms with van der Waals surface area (Å²) in [6, 6.07) is 6.06. The lowest BCUT2D eigenvalue weighted by Crippen LogP contribution is -2.17. The number of aliphatic hydroxyl groups excluding tert-OH is 2. The van der Waals surface area contributed by atoms with Gasteiger partial charge in [0, 0.05) is 0 Å². The highest BCUT2D eigenvalue weighted by Gasteiger charge is 2.19. The third kappa shape index (κ3) is 3.03. The van der Waals surface area contributed by atoms with E-state index < -0.39 is 18.2 Å². The molecule has 0 amide bonds. The predicted molar refractivity (Wildman–Crippen MR) is 59.3 cm³/mol. The second-order valence-electron chi connectivity index (χ2n) is 3.75. The lowest BCUT2D eigenvalue weighted by molar-refractivity contribution is 0.0216. The van der Waals surface area contributed by atoms with Crippen LogP contribution < -0.4 is 0 Å². The zero-order valence-electron chi connectivity index (χ0n) is 9.29. The van der Waals surface area contributed by atoms with Crippen LogP contribution in [0, 0.1) is 18.3 Å². The summed E-state index contributed by atoms with van der Waals surface area (Å²) in [5.41, 5.74) is 1.05. The van der Waals surface area contributed by atoms with Gasteiger partial charge in [0.25, 0.3) is 0 Å². The first-order chi connectivity index (χ1) is 7.97. The average molecular weight is 235 g/mol. The second-order valence-corrected chi connectivity index (χ2v) is 3.75. The Balaban J connectivity index is 2.98. The molecule has 0 aromatic heterocycles. The van der Waals surface area contributed by atoms with E-state index in [1.165, 1.54) is 18.2 Å². The van der Waals surface area contributed by atoms with Gasteiger partial charge >= 0.3 is 5.97 Å². The number of aryl methyl sites for hydroxylation is 1. The molecular weight excluding hydrogens is 222 g/mol. The van der Waals surface area contributed by atoms with Crippen molar-refractivity contribution in [2.24, 2.45) is 0 Å². The Kier molecular flexibility index (Phi) is 4.21. The minimum absolute atomic E-state index is 0.149. The minimum Gasteiger partial charge on any atom is -0.478 e. The molecule has 90 valence electrons. The van der Waals surface area contributed by atoms with Gasteiger partial charge in [-0.15, -0.1) is 0 Å². The van der Waals surface area contributed by atoms with E-state index >= 15 is 0 Å². The molecule has 17 heavy (non-hydrogen) atoms. The van der Waals surface area contributed by atoms with Crippen molar-refractivity contribution in [2.45, 2.75) is 25.6 Å². The van der Waals surface area contributed by atoms with Crippen molar-refractivity contribution in [1.29, 1.82) is 5.26 Å². The Morgan fingerprint density at radius 2 is 2.12 bits per heavy atom. The zero-order valence-corrected chi connectivity index (χ0v) is 9.29. The zero-order chi connectivity index (χ0) is 13.0. The number of rotatable bonds is 4. The maximum Gasteiger partial charge on any atom is 0.335 e. The fourth-order valence-corrected chi connectivity index (χ4v) is 1.54. The van der Waals surface area contributed by atoms with Gasteiger partial charge in [-0.05, 0) is 24.1 Å². The SMILES string of the molecule is Cc1cc(C(O)C(O)CC#N)ccc1C(=O)O. The maximum atomic E-state index is 10.8. The number of benzene rings is 1. The van der Waals surface area contributed by atoms with Crippen molar-refractivity contribution in [2.75, 3.05) is 0 Å². The van der Waals surface area contributed by atoms with Crippen LogP contribution in [0.15, 0.2) is 18.2 Å². The summed E-state index contributed by atoms with van der Waals surface area (Å²) in [6.45, 7) is 1.61. The van der Waals surface area contributed by atoms with Crippen LogP contribution in [0.2, 0.25) is 0 Å². The van der Waals surface area contributed by atoms with Gasteiger partial charge in [-0.25, -0.2) is 4.79 Å². The standard InChI is InChI=1S/C12H13NO4/c1-7-6-8(2-3-9(7)12(16)17)11(15)10(14)4-5-13/h2-3,6,10-11,14-15H,4H2,1H3,(H,16,17). The molecule has 1 aromatic rings. The monoisotopic (exact) mass is 235 g/mol. The van der Waals surface area contributed by atoms with E-state index in [0.29, 0.717) is 11.1 Å². The number of carboxylic acids is 1. The first-order valence-corrected chi connectivity index (χ1v) is 5.04. The molecular formula is C12H13NO4. The minimum atomic E-state index is -1.18. The van der Waals surface area contributed by atoms with Gasteiger partial charge in [0.1, 0.15) is 6.10 Å². The van der Waals surface area contributed by atoms with E-state index in [0.717, 1.165) is 0 Å². The van der Waals surface area contributed by atoms with Crippen LogP contribution in [0.4, 0.5) is 0 Å². The second kappa shape index (κ2) is 5.43. The number of aliphatic hydroxyl groups is 2. The molecule has 0 radical (unpaired) electrons. The van der Waals surface area contributed by atoms with Crippen LogP contribution in [0.1, 0.15) is 34.0 Å². The fraction of sp³-hybridized carbons (Fsp3) is 0.333. The number of carboxylic acid groups (broad SMARTS) is 1. The highest BCUT2D eigenvalue weighted by molar-refractivity contribution is 5.89. The maximum absolute atomic E-state index is 10.8. The highest BCUT2D eigenvalue weighted by Crippen LogP contribution is 2.21. The summed E-state index contributed by atoms with van der Waals surface area (Å²) in [7, 11) is 0. The third-order valence-electron chi connectivity index (χ3n) is 2.49. The topological polar surface area (TPSA) is 102 Å². The van der Waals surface area contributed by atoms with Gasteiger partial charge in [-0.3, -0.25) is 0 Å². The lowest BCUT2D eigenvalue weighted by atomic mass is 9.98. The summed E-state index contributed by atoms with van der Waals surface area (Å²) in [5, 5.41) is 36.4. The molecule has 2 unspecified atom stereocenters. The predicted octanol–water partition coefficient (Wildman–Crippen LogP) is 1.00. The van der Waals surface area contributed by atoms with Crippen LogP contribution in [0.3, 0.4) is 0 Å². The summed E-state index contributed by atoms with van der Waals surface area (Å²) >= 11 is 0. The number of nitrogens with zero attached hydrogens (tertiary/aromatic N) is 1. The lowest BCUT2D eigenvalue weighted by Gasteiger charge is -2.16. The van der Waals surface area contributed by atoms with Crippen molar-refractivity contribution < 1.29 is 20.1 Å². The van der Waals surface area contributed by atoms with Crippen LogP contribution in [-0.4, -0.2) is 27.4 Å². The van der Waals surface area contributed by atoms with Crippen molar-refractivity contribution in [3.05, 3.63) is 34.9 Å². The van der Waals surface area contributed by atoms with Gasteiger partial charge in [0.05, 0.1) is 24.2 Å². The molecule has 0 fully saturated rings. The van der Waals surface area contributed by atoms with Crippen LogP contribution in [0.5, 0.6) is 0 Å². The van der Waals surface area contributed by atoms with E-state index in [4.69, 9.17) is 10.4 Å². The Labute approximate surface area is 98.6 Å². The molecule has 0 aliphatic carbocycles. The molecule has 0 spiro atoms. The first kappa shape index (κ1) is 13.2. The summed E-state index contributed by atoms with van der Waals surface area (Å²) < 4.78 is 0. The summed E-state index contributed by atoms with van der Waals surface area (Å²) in [5.74, 6) is -1.04. The highest BCUT2D eigenvalue weighted by atomic mass is 16.4. The van der Waals surface area contributed by atoms with Crippen LogP contribution in [0.25, 0.3) is 0 Å². The molecule has 0 aliphatic heterocycles. The van der Waals surface area contributed by atoms with Gasteiger partial charge in [-0.1, -0.05) is 12.1 Å². The molecule has 5 nitrogen and oxygen atoms in total. The van der Waals surface area contributed by atoms with E-state index in [1.54, 1.807) is 13.0 Å². The number of nitriles is 1. The molecule has 5 heteroatoms. The normalized spacial score (nSPS) is 13.8. The largest absolute Gasteiger partial charge is 0.478 e. The number of hydrogen-bond acceptors (Lipinski definition) is 4. The fourth-order valence-electron chi connectivity index (χ4n) is 1.54. The van der Waals surface area contributed by atoms with E-state index in [1.807, 2.05) is 0 Å². The number of hydrogen-bond donors (Lipinski definition) is 3. The molecule has 1 rings (SSSR count). The van der Waals surface area contributed by atoms with Crippen molar-refractivity contribution >= 4 is 5.97 Å². The van der Waals surface area contributed by atoms with Crippen LogP contribution in [-0.2, 0) is 0 Å². The van der Waals surface area contributed by atoms with E-state index in [2.05, 4.69) is 0 Å². The van der Waals surface area contributed by atoms with E-state index in [-0.39, 0.29) is 12.0 Å². The average Bonchev–Trinajstić information content (AvgIpc) is 2.27. The molecule has 2 atom stereocenters. The van der Waals surface area contributed by atoms with Gasteiger partial charge in [0.15, 0.2) is 0 Å². The quantitative estimate of drug-likeness (QED) is 0.722. The molecule has 0 saturated carbocycles. The number of aromatic carboxylic acids is 1. The molecule has 1 aromatic carbocycles. The van der Waals surface area contributed by atoms with Gasteiger partial charge < -0.3 is 15.3 Å². The smallest absolute Gasteiger partial charge is 0.335 e. The third-order valence-corrected chi connectivity index (χ3v) is 2.49. The summed E-state index contributed by atoms with van der Waals surface area (Å²) in [6.07, 6.45) is -2.53. The summed E-state index contributed by atoms with van der Waals surface area (Å²) in [4.78, 5) is 10.8. The van der Waals surface area contributed by atoms with E-state index in [9.17, 15) is 15.0 Å². The Morgan fingerprint density at radius 3 is 2.59 bits per heavy atom. The van der Waals surface area contributed by atoms with Crippen molar-refractivity contribution in [3.8, 4) is 6.07 Å². The van der Waals surface area contributed by atoms with Crippen molar-refractivity contribution in [1.82, 2.24) is 0 Å². The first-order valence-electron chi connectivity index (χ1n) is 5.04. The van der Waals surface area contributed by atoms with Crippen LogP contribution >= 0.6 is 0 Å². The van der Waals surface area contributed by atoms with Gasteiger partial charge in [-0.2, -0.15) is 5.26 Å².